The summed E-state index contributed by atoms with van der Waals surface area (Å²) < 4.78 is 5.36. The molecule has 1 aliphatic rings. The smallest absolute Gasteiger partial charge is 0.185 e. The molecule has 4 N–H and O–H groups in total. The zero-order valence-electron chi connectivity index (χ0n) is 13.5. The fourth-order valence-electron chi connectivity index (χ4n) is 2.57. The Kier molecular flexibility index (Phi) is 6.89. The van der Waals surface area contributed by atoms with E-state index >= 15 is 0 Å². The van der Waals surface area contributed by atoms with Gasteiger partial charge in [-0.05, 0) is 37.7 Å². The summed E-state index contributed by atoms with van der Waals surface area (Å²) in [6, 6.07) is 6.28. The first-order chi connectivity index (χ1) is 10.6. The summed E-state index contributed by atoms with van der Waals surface area (Å²) in [6.45, 7) is 10.3. The maximum atomic E-state index is 5.36. The van der Waals surface area contributed by atoms with E-state index in [4.69, 9.17) is 17.0 Å². The second-order valence-corrected chi connectivity index (χ2v) is 6.20. The van der Waals surface area contributed by atoms with Crippen molar-refractivity contribution in [2.24, 2.45) is 0 Å². The van der Waals surface area contributed by atoms with Crippen LogP contribution in [0.1, 0.15) is 17.5 Å². The zero-order valence-corrected chi connectivity index (χ0v) is 14.3. The Morgan fingerprint density at radius 3 is 2.77 bits per heavy atom. The number of hydrazine groups is 1. The van der Waals surface area contributed by atoms with Gasteiger partial charge in [0.1, 0.15) is 13.1 Å². The molecule has 0 spiro atoms. The van der Waals surface area contributed by atoms with Gasteiger partial charge >= 0.3 is 0 Å². The monoisotopic (exact) mass is 323 g/mol. The molecule has 122 valence electrons. The number of nitrogens with one attached hydrogen (secondary N) is 4. The van der Waals surface area contributed by atoms with Crippen molar-refractivity contribution < 1.29 is 9.64 Å². The van der Waals surface area contributed by atoms with Crippen LogP contribution in [0.3, 0.4) is 0 Å². The third kappa shape index (κ3) is 5.79. The molecule has 5 nitrogen and oxygen atoms in total. The Hall–Kier alpha value is -1.37. The van der Waals surface area contributed by atoms with E-state index in [2.05, 4.69) is 48.2 Å². The van der Waals surface area contributed by atoms with Crippen LogP contribution in [0.2, 0.25) is 0 Å². The molecule has 1 fully saturated rings. The Morgan fingerprint density at radius 1 is 1.27 bits per heavy atom. The molecule has 6 heteroatoms. The van der Waals surface area contributed by atoms with Crippen molar-refractivity contribution in [2.45, 2.75) is 20.3 Å². The highest BCUT2D eigenvalue weighted by molar-refractivity contribution is 7.80. The molecule has 0 atom stereocenters. The molecule has 22 heavy (non-hydrogen) atoms. The summed E-state index contributed by atoms with van der Waals surface area (Å²) in [5.74, 6) is 0. The van der Waals surface area contributed by atoms with Crippen LogP contribution in [-0.4, -0.2) is 44.5 Å². The Bertz CT molecular complexity index is 489. The van der Waals surface area contributed by atoms with E-state index in [-0.39, 0.29) is 0 Å². The highest BCUT2D eigenvalue weighted by Gasteiger charge is 2.12. The highest BCUT2D eigenvalue weighted by atomic mass is 32.1. The van der Waals surface area contributed by atoms with Crippen LogP contribution in [0.25, 0.3) is 0 Å². The van der Waals surface area contributed by atoms with Gasteiger partial charge in [-0.25, -0.2) is 0 Å². The highest BCUT2D eigenvalue weighted by Crippen LogP contribution is 2.14. The van der Waals surface area contributed by atoms with E-state index in [0.29, 0.717) is 5.11 Å². The second-order valence-electron chi connectivity index (χ2n) is 5.79. The van der Waals surface area contributed by atoms with Crippen molar-refractivity contribution in [3.63, 3.8) is 0 Å². The molecule has 2 rings (SSSR count). The third-order valence-electron chi connectivity index (χ3n) is 3.89. The number of thiocarbonyl (C=S) groups is 1. The van der Waals surface area contributed by atoms with Crippen molar-refractivity contribution in [1.29, 1.82) is 0 Å². The van der Waals surface area contributed by atoms with Gasteiger partial charge in [-0.3, -0.25) is 10.9 Å². The maximum absolute atomic E-state index is 5.36. The molecule has 0 radical (unpaired) electrons. The van der Waals surface area contributed by atoms with E-state index in [1.165, 1.54) is 17.7 Å². The average Bonchev–Trinajstić information content (AvgIpc) is 2.52. The van der Waals surface area contributed by atoms with Gasteiger partial charge in [0.05, 0.1) is 25.4 Å². The molecule has 0 bridgehead atoms. The summed E-state index contributed by atoms with van der Waals surface area (Å²) in [5, 5.41) is 3.87. The van der Waals surface area contributed by atoms with Crippen molar-refractivity contribution in [2.75, 3.05) is 44.8 Å². The molecule has 0 amide bonds. The molecule has 0 saturated carbocycles. The Balaban J connectivity index is 1.59. The third-order valence-corrected chi connectivity index (χ3v) is 4.13. The Morgan fingerprint density at radius 2 is 2.05 bits per heavy atom. The van der Waals surface area contributed by atoms with Crippen LogP contribution in [0.4, 0.5) is 5.69 Å². The van der Waals surface area contributed by atoms with Gasteiger partial charge in [0, 0.05) is 13.0 Å². The predicted molar refractivity (Wildman–Crippen MR) is 94.3 cm³/mol. The summed E-state index contributed by atoms with van der Waals surface area (Å²) in [4.78, 5) is 1.63. The van der Waals surface area contributed by atoms with E-state index in [1.54, 1.807) is 4.90 Å². The van der Waals surface area contributed by atoms with Crippen LogP contribution < -0.4 is 21.1 Å². The van der Waals surface area contributed by atoms with Crippen molar-refractivity contribution in [3.8, 4) is 0 Å². The molecular formula is C16H27N4OS+. The molecule has 0 aromatic heterocycles. The first kappa shape index (κ1) is 17.0. The van der Waals surface area contributed by atoms with Gasteiger partial charge in [0.15, 0.2) is 5.11 Å². The largest absolute Gasteiger partial charge is 0.370 e. The molecule has 1 heterocycles. The average molecular weight is 323 g/mol. The van der Waals surface area contributed by atoms with Crippen LogP contribution >= 0.6 is 12.2 Å². The van der Waals surface area contributed by atoms with E-state index in [0.717, 1.165) is 45.0 Å². The van der Waals surface area contributed by atoms with Crippen molar-refractivity contribution in [1.82, 2.24) is 10.7 Å². The molecule has 1 aromatic carbocycles. The minimum absolute atomic E-state index is 0.636. The summed E-state index contributed by atoms with van der Waals surface area (Å²) >= 11 is 5.28. The maximum Gasteiger partial charge on any atom is 0.185 e. The first-order valence-corrected chi connectivity index (χ1v) is 8.34. The van der Waals surface area contributed by atoms with Gasteiger partial charge in [-0.15, -0.1) is 0 Å². The van der Waals surface area contributed by atoms with Crippen LogP contribution in [0, 0.1) is 13.8 Å². The van der Waals surface area contributed by atoms with Crippen LogP contribution in [-0.2, 0) is 4.74 Å². The lowest BCUT2D eigenvalue weighted by atomic mass is 10.1. The number of anilines is 1. The SMILES string of the molecule is Cc1ccc(NNC(=S)NCCC[NH+]2CCOCC2)c(C)c1. The molecule has 1 aliphatic heterocycles. The minimum atomic E-state index is 0.636. The van der Waals surface area contributed by atoms with Gasteiger partial charge in [-0.1, -0.05) is 17.7 Å². The lowest BCUT2D eigenvalue weighted by Crippen LogP contribution is -3.14. The number of rotatable bonds is 6. The molecule has 0 aliphatic carbocycles. The van der Waals surface area contributed by atoms with E-state index in [1.807, 2.05) is 0 Å². The number of aryl methyl sites for hydroxylation is 2. The Labute approximate surface area is 138 Å². The van der Waals surface area contributed by atoms with Gasteiger partial charge in [0.2, 0.25) is 0 Å². The molecule has 0 unspecified atom stereocenters. The number of quaternary nitrogens is 1. The lowest BCUT2D eigenvalue weighted by Gasteiger charge is -2.23. The van der Waals surface area contributed by atoms with Gasteiger partial charge in [-0.2, -0.15) is 0 Å². The standard InChI is InChI=1S/C16H26N4OS/c1-13-4-5-15(14(2)12-13)18-19-16(22)17-6-3-7-20-8-10-21-11-9-20/h4-5,12,18H,3,6-11H2,1-2H3,(H2,17,19,22)/p+1. The van der Waals surface area contributed by atoms with Crippen molar-refractivity contribution in [3.05, 3.63) is 29.3 Å². The molecular weight excluding hydrogens is 296 g/mol. The van der Waals surface area contributed by atoms with Gasteiger partial charge in [0.25, 0.3) is 0 Å². The van der Waals surface area contributed by atoms with E-state index in [9.17, 15) is 0 Å². The van der Waals surface area contributed by atoms with Crippen LogP contribution in [0.5, 0.6) is 0 Å². The zero-order chi connectivity index (χ0) is 15.8. The molecule has 1 saturated heterocycles. The normalized spacial score (nSPS) is 15.4. The number of morpholine rings is 1. The number of ether oxygens (including phenoxy) is 1. The predicted octanol–water partition coefficient (Wildman–Crippen LogP) is 0.400. The molecule has 1 aromatic rings. The number of hydrogen-bond acceptors (Lipinski definition) is 3. The number of hydrogen-bond donors (Lipinski definition) is 4. The minimum Gasteiger partial charge on any atom is -0.370 e. The topological polar surface area (TPSA) is 49.8 Å². The summed E-state index contributed by atoms with van der Waals surface area (Å²) in [6.07, 6.45) is 1.11. The second kappa shape index (κ2) is 8.92. The fourth-order valence-corrected chi connectivity index (χ4v) is 2.73. The van der Waals surface area contributed by atoms with E-state index < -0.39 is 0 Å². The summed E-state index contributed by atoms with van der Waals surface area (Å²) in [7, 11) is 0. The summed E-state index contributed by atoms with van der Waals surface area (Å²) in [5.41, 5.74) is 9.70. The van der Waals surface area contributed by atoms with Crippen LogP contribution in [0.15, 0.2) is 18.2 Å². The lowest BCUT2D eigenvalue weighted by molar-refractivity contribution is -0.908. The first-order valence-electron chi connectivity index (χ1n) is 7.93. The van der Waals surface area contributed by atoms with Gasteiger partial charge < -0.3 is 15.0 Å². The van der Waals surface area contributed by atoms with Crippen molar-refractivity contribution >= 4 is 23.0 Å². The fraction of sp³-hybridized carbons (Fsp3) is 0.562. The quantitative estimate of drug-likeness (QED) is 0.347. The number of benzene rings is 1.